The van der Waals surface area contributed by atoms with Crippen molar-refractivity contribution in [2.24, 2.45) is 0 Å². The van der Waals surface area contributed by atoms with Crippen LogP contribution in [0.15, 0.2) is 54.6 Å². The summed E-state index contributed by atoms with van der Waals surface area (Å²) in [6.07, 6.45) is 0. The number of aromatic nitrogens is 2. The molecule has 29 heavy (non-hydrogen) atoms. The van der Waals surface area contributed by atoms with Crippen LogP contribution in [0.2, 0.25) is 0 Å². The molecule has 0 spiro atoms. The van der Waals surface area contributed by atoms with Gasteiger partial charge in [-0.1, -0.05) is 6.07 Å². The lowest BCUT2D eigenvalue weighted by Gasteiger charge is -2.14. The molecule has 1 aromatic heterocycles. The first-order valence-electron chi connectivity index (χ1n) is 8.78. The fourth-order valence-corrected chi connectivity index (χ4v) is 2.57. The summed E-state index contributed by atoms with van der Waals surface area (Å²) in [6.45, 7) is 1.90. The average Bonchev–Trinajstić information content (AvgIpc) is 2.69. The summed E-state index contributed by atoms with van der Waals surface area (Å²) < 4.78 is 0. The summed E-state index contributed by atoms with van der Waals surface area (Å²) in [4.78, 5) is 33.4. The van der Waals surface area contributed by atoms with Crippen molar-refractivity contribution in [2.75, 3.05) is 29.6 Å². The number of aryl methyl sites for hydroxylation is 1. The Morgan fingerprint density at radius 1 is 1.03 bits per heavy atom. The minimum absolute atomic E-state index is 0.132. The smallest absolute Gasteiger partial charge is 0.270 e. The molecule has 0 aliphatic heterocycles. The van der Waals surface area contributed by atoms with Crippen molar-refractivity contribution in [3.05, 3.63) is 76.0 Å². The van der Waals surface area contributed by atoms with Gasteiger partial charge in [0, 0.05) is 54.9 Å². The second kappa shape index (κ2) is 8.34. The molecule has 0 saturated carbocycles. The molecule has 2 N–H and O–H groups in total. The van der Waals surface area contributed by atoms with E-state index in [4.69, 9.17) is 0 Å². The fourth-order valence-electron chi connectivity index (χ4n) is 2.57. The van der Waals surface area contributed by atoms with Gasteiger partial charge in [0.05, 0.1) is 4.92 Å². The quantitative estimate of drug-likeness (QED) is 0.485. The molecule has 9 heteroatoms. The van der Waals surface area contributed by atoms with Gasteiger partial charge in [0.15, 0.2) is 0 Å². The zero-order valence-corrected chi connectivity index (χ0v) is 16.2. The van der Waals surface area contributed by atoms with Gasteiger partial charge in [-0.3, -0.25) is 14.9 Å². The molecule has 3 rings (SSSR count). The lowest BCUT2D eigenvalue weighted by Crippen LogP contribution is -2.13. The number of nitro groups is 1. The van der Waals surface area contributed by atoms with E-state index in [0.717, 1.165) is 17.2 Å². The number of nitro benzene ring substituents is 1. The highest BCUT2D eigenvalue weighted by Gasteiger charge is 2.12. The third-order valence-corrected chi connectivity index (χ3v) is 4.02. The number of nitrogens with one attached hydrogen (secondary N) is 2. The molecule has 0 unspecified atom stereocenters. The Bertz CT molecular complexity index is 1050. The van der Waals surface area contributed by atoms with Crippen molar-refractivity contribution in [3.63, 3.8) is 0 Å². The van der Waals surface area contributed by atoms with Gasteiger partial charge in [-0.2, -0.15) is 4.98 Å². The molecule has 0 saturated heterocycles. The molecule has 3 aromatic rings. The Morgan fingerprint density at radius 3 is 2.38 bits per heavy atom. The summed E-state index contributed by atoms with van der Waals surface area (Å²) in [5, 5.41) is 16.7. The van der Waals surface area contributed by atoms with Gasteiger partial charge in [0.2, 0.25) is 5.95 Å². The second-order valence-electron chi connectivity index (χ2n) is 6.55. The highest BCUT2D eigenvalue weighted by Crippen LogP contribution is 2.20. The van der Waals surface area contributed by atoms with Crippen molar-refractivity contribution < 1.29 is 9.72 Å². The molecule has 9 nitrogen and oxygen atoms in total. The summed E-state index contributed by atoms with van der Waals surface area (Å²) in [7, 11) is 3.81. The molecule has 148 valence electrons. The average molecular weight is 392 g/mol. The number of anilines is 4. The Morgan fingerprint density at radius 2 is 1.72 bits per heavy atom. The van der Waals surface area contributed by atoms with Gasteiger partial charge in [-0.25, -0.2) is 4.98 Å². The Balaban J connectivity index is 1.70. The van der Waals surface area contributed by atoms with Crippen LogP contribution in [0, 0.1) is 17.0 Å². The van der Waals surface area contributed by atoms with E-state index < -0.39 is 10.8 Å². The SMILES string of the molecule is Cc1cc(N(C)C)nc(Nc2ccc(NC(=O)c3cccc([N+](=O)[O-])c3)cc2)n1. The third-order valence-electron chi connectivity index (χ3n) is 4.02. The van der Waals surface area contributed by atoms with Crippen LogP contribution in [-0.4, -0.2) is 34.9 Å². The maximum atomic E-state index is 12.3. The van der Waals surface area contributed by atoms with E-state index in [1.807, 2.05) is 32.0 Å². The summed E-state index contributed by atoms with van der Waals surface area (Å²) in [5.41, 5.74) is 2.24. The van der Waals surface area contributed by atoms with Gasteiger partial charge in [0.1, 0.15) is 5.82 Å². The van der Waals surface area contributed by atoms with Crippen LogP contribution in [0.5, 0.6) is 0 Å². The van der Waals surface area contributed by atoms with Crippen LogP contribution in [-0.2, 0) is 0 Å². The van der Waals surface area contributed by atoms with Gasteiger partial charge >= 0.3 is 0 Å². The number of rotatable bonds is 6. The highest BCUT2D eigenvalue weighted by atomic mass is 16.6. The summed E-state index contributed by atoms with van der Waals surface area (Å²) in [5.74, 6) is 0.843. The van der Waals surface area contributed by atoms with Crippen LogP contribution in [0.3, 0.4) is 0 Å². The molecule has 0 aliphatic carbocycles. The molecule has 0 bridgehead atoms. The van der Waals surface area contributed by atoms with Crippen LogP contribution < -0.4 is 15.5 Å². The van der Waals surface area contributed by atoms with Gasteiger partial charge < -0.3 is 15.5 Å². The minimum Gasteiger partial charge on any atom is -0.363 e. The Labute approximate surface area is 167 Å². The van der Waals surface area contributed by atoms with E-state index in [-0.39, 0.29) is 11.3 Å². The lowest BCUT2D eigenvalue weighted by molar-refractivity contribution is -0.384. The molecule has 1 heterocycles. The number of benzene rings is 2. The van der Waals surface area contributed by atoms with E-state index in [9.17, 15) is 14.9 Å². The largest absolute Gasteiger partial charge is 0.363 e. The van der Waals surface area contributed by atoms with Crippen molar-refractivity contribution >= 4 is 34.7 Å². The standard InChI is InChI=1S/C20H20N6O3/c1-13-11-18(25(2)3)24-20(21-13)23-16-9-7-15(8-10-16)22-19(27)14-5-4-6-17(12-14)26(28)29/h4-12H,1-3H3,(H,22,27)(H,21,23,24). The normalized spacial score (nSPS) is 10.3. The third kappa shape index (κ3) is 5.04. The Kier molecular flexibility index (Phi) is 5.68. The molecule has 1 amide bonds. The molecular formula is C20H20N6O3. The van der Waals surface area contributed by atoms with Crippen LogP contribution >= 0.6 is 0 Å². The number of hydrogen-bond acceptors (Lipinski definition) is 7. The highest BCUT2D eigenvalue weighted by molar-refractivity contribution is 6.04. The van der Waals surface area contributed by atoms with E-state index in [1.54, 1.807) is 24.3 Å². The maximum Gasteiger partial charge on any atom is 0.270 e. The maximum absolute atomic E-state index is 12.3. The van der Waals surface area contributed by atoms with E-state index in [0.29, 0.717) is 11.6 Å². The zero-order valence-electron chi connectivity index (χ0n) is 16.2. The molecule has 2 aromatic carbocycles. The first kappa shape index (κ1) is 19.7. The van der Waals surface area contributed by atoms with Crippen molar-refractivity contribution in [1.82, 2.24) is 9.97 Å². The zero-order chi connectivity index (χ0) is 21.0. The number of carbonyl (C=O) groups excluding carboxylic acids is 1. The summed E-state index contributed by atoms with van der Waals surface area (Å²) >= 11 is 0. The van der Waals surface area contributed by atoms with E-state index >= 15 is 0 Å². The van der Waals surface area contributed by atoms with Gasteiger partial charge in [-0.15, -0.1) is 0 Å². The monoisotopic (exact) mass is 392 g/mol. The number of nitrogens with zero attached hydrogens (tertiary/aromatic N) is 4. The summed E-state index contributed by atoms with van der Waals surface area (Å²) in [6, 6.07) is 14.5. The first-order valence-corrected chi connectivity index (χ1v) is 8.78. The predicted octanol–water partition coefficient (Wildman–Crippen LogP) is 3.76. The Hall–Kier alpha value is -4.01. The van der Waals surface area contributed by atoms with Crippen LogP contribution in [0.1, 0.15) is 16.1 Å². The number of hydrogen-bond donors (Lipinski definition) is 2. The van der Waals surface area contributed by atoms with E-state index in [1.165, 1.54) is 24.3 Å². The number of non-ortho nitro benzene ring substituents is 1. The topological polar surface area (TPSA) is 113 Å². The van der Waals surface area contributed by atoms with Crippen molar-refractivity contribution in [2.45, 2.75) is 6.92 Å². The number of carbonyl (C=O) groups is 1. The van der Waals surface area contributed by atoms with Crippen LogP contribution in [0.4, 0.5) is 28.8 Å². The van der Waals surface area contributed by atoms with Crippen molar-refractivity contribution in [3.8, 4) is 0 Å². The minimum atomic E-state index is -0.535. The second-order valence-corrected chi connectivity index (χ2v) is 6.55. The first-order chi connectivity index (χ1) is 13.8. The molecule has 0 fully saturated rings. The molecular weight excluding hydrogens is 372 g/mol. The molecule has 0 atom stereocenters. The number of amides is 1. The van der Waals surface area contributed by atoms with Crippen molar-refractivity contribution in [1.29, 1.82) is 0 Å². The van der Waals surface area contributed by atoms with Gasteiger partial charge in [-0.05, 0) is 37.3 Å². The van der Waals surface area contributed by atoms with E-state index in [2.05, 4.69) is 20.6 Å². The predicted molar refractivity (Wildman–Crippen MR) is 112 cm³/mol. The molecule has 0 aliphatic rings. The lowest BCUT2D eigenvalue weighted by atomic mass is 10.2. The molecule has 0 radical (unpaired) electrons. The van der Waals surface area contributed by atoms with Gasteiger partial charge in [0.25, 0.3) is 11.6 Å². The van der Waals surface area contributed by atoms with Crippen LogP contribution in [0.25, 0.3) is 0 Å². The fraction of sp³-hybridized carbons (Fsp3) is 0.150.